The number of ether oxygens (including phenoxy) is 1. The molecule has 2 nitrogen and oxygen atoms in total. The fourth-order valence-electron chi connectivity index (χ4n) is 6.74. The smallest absolute Gasteiger partial charge is 0.127 e. The Balaban J connectivity index is 1.14. The zero-order valence-electron chi connectivity index (χ0n) is 26.0. The maximum Gasteiger partial charge on any atom is 0.127 e. The number of hydrogen-bond donors (Lipinski definition) is 0. The van der Waals surface area contributed by atoms with Crippen molar-refractivity contribution in [3.05, 3.63) is 156 Å². The van der Waals surface area contributed by atoms with Gasteiger partial charge in [0.1, 0.15) is 11.5 Å². The third kappa shape index (κ3) is 4.93. The van der Waals surface area contributed by atoms with E-state index in [9.17, 15) is 0 Å². The van der Waals surface area contributed by atoms with Crippen molar-refractivity contribution >= 4 is 32.9 Å². The summed E-state index contributed by atoms with van der Waals surface area (Å²) >= 11 is 0. The predicted octanol–water partition coefficient (Wildman–Crippen LogP) is 11.6. The summed E-state index contributed by atoms with van der Waals surface area (Å²) in [4.78, 5) is 2.22. The number of benzene rings is 7. The van der Waals surface area contributed by atoms with Gasteiger partial charge in [-0.2, -0.15) is 0 Å². The van der Waals surface area contributed by atoms with E-state index in [1.165, 1.54) is 72.5 Å². The van der Waals surface area contributed by atoms with Crippen LogP contribution in [0.4, 0.5) is 11.4 Å². The Bertz CT molecular complexity index is 2190. The fraction of sp³-hybridized carbons (Fsp3) is 0.116. The van der Waals surface area contributed by atoms with Crippen LogP contribution >= 0.6 is 0 Å². The van der Waals surface area contributed by atoms with Crippen LogP contribution in [0.3, 0.4) is 0 Å². The first kappa shape index (κ1) is 27.2. The summed E-state index contributed by atoms with van der Waals surface area (Å²) in [5.41, 5.74) is 12.7. The first-order chi connectivity index (χ1) is 22.0. The monoisotopic (exact) mass is 581 g/mol. The van der Waals surface area contributed by atoms with Gasteiger partial charge in [0.15, 0.2) is 0 Å². The predicted molar refractivity (Wildman–Crippen MR) is 190 cm³/mol. The normalized spacial score (nSPS) is 12.2. The average molecular weight is 582 g/mol. The topological polar surface area (TPSA) is 12.5 Å². The van der Waals surface area contributed by atoms with Gasteiger partial charge in [-0.15, -0.1) is 0 Å². The second kappa shape index (κ2) is 11.0. The quantitative estimate of drug-likeness (QED) is 0.181. The SMILES string of the molecule is Cc1ccc(-c2c3ccccc3c(-c3ccc(N(C)c4ccc(Oc5ccc6c(c5)CC6)cc4)cc3)c3ccc(C)cc23)cc1. The van der Waals surface area contributed by atoms with Crippen molar-refractivity contribution in [2.45, 2.75) is 26.7 Å². The molecule has 0 unspecified atom stereocenters. The Morgan fingerprint density at radius 1 is 0.467 bits per heavy atom. The first-order valence-electron chi connectivity index (χ1n) is 15.8. The highest BCUT2D eigenvalue weighted by Gasteiger charge is 2.17. The van der Waals surface area contributed by atoms with Crippen molar-refractivity contribution in [2.75, 3.05) is 11.9 Å². The lowest BCUT2D eigenvalue weighted by Gasteiger charge is -2.22. The summed E-state index contributed by atoms with van der Waals surface area (Å²) in [6, 6.07) is 48.4. The van der Waals surface area contributed by atoms with Gasteiger partial charge in [-0.3, -0.25) is 0 Å². The molecule has 0 saturated carbocycles. The molecule has 218 valence electrons. The Kier molecular flexibility index (Phi) is 6.64. The molecule has 1 aliphatic carbocycles. The molecule has 0 spiro atoms. The van der Waals surface area contributed by atoms with Gasteiger partial charge < -0.3 is 9.64 Å². The van der Waals surface area contributed by atoms with Crippen molar-refractivity contribution in [3.8, 4) is 33.8 Å². The van der Waals surface area contributed by atoms with E-state index in [0.717, 1.165) is 29.3 Å². The summed E-state index contributed by atoms with van der Waals surface area (Å²) in [5.74, 6) is 1.76. The van der Waals surface area contributed by atoms with E-state index in [1.54, 1.807) is 0 Å². The Morgan fingerprint density at radius 3 is 1.62 bits per heavy atom. The summed E-state index contributed by atoms with van der Waals surface area (Å²) in [7, 11) is 2.12. The van der Waals surface area contributed by atoms with Crippen molar-refractivity contribution in [2.24, 2.45) is 0 Å². The van der Waals surface area contributed by atoms with Crippen molar-refractivity contribution in [1.82, 2.24) is 0 Å². The maximum atomic E-state index is 6.15. The van der Waals surface area contributed by atoms with Gasteiger partial charge in [0.25, 0.3) is 0 Å². The molecule has 7 aromatic rings. The lowest BCUT2D eigenvalue weighted by molar-refractivity contribution is 0.480. The lowest BCUT2D eigenvalue weighted by atomic mass is 9.85. The highest BCUT2D eigenvalue weighted by Crippen LogP contribution is 2.44. The number of hydrogen-bond acceptors (Lipinski definition) is 2. The third-order valence-electron chi connectivity index (χ3n) is 9.36. The molecule has 0 radical (unpaired) electrons. The van der Waals surface area contributed by atoms with Crippen LogP contribution in [-0.4, -0.2) is 7.05 Å². The summed E-state index contributed by atoms with van der Waals surface area (Å²) in [6.45, 7) is 4.33. The minimum Gasteiger partial charge on any atom is -0.457 e. The van der Waals surface area contributed by atoms with Crippen molar-refractivity contribution in [1.29, 1.82) is 0 Å². The average Bonchev–Trinajstić information content (AvgIpc) is 3.05. The molecule has 0 atom stereocenters. The van der Waals surface area contributed by atoms with Gasteiger partial charge in [0.05, 0.1) is 0 Å². The van der Waals surface area contributed by atoms with Crippen LogP contribution in [0.15, 0.2) is 133 Å². The van der Waals surface area contributed by atoms with Gasteiger partial charge in [-0.25, -0.2) is 0 Å². The van der Waals surface area contributed by atoms with Crippen LogP contribution in [0.1, 0.15) is 22.3 Å². The molecule has 0 heterocycles. The Hall–Kier alpha value is -5.34. The van der Waals surface area contributed by atoms with E-state index in [2.05, 4.69) is 159 Å². The molecule has 0 aromatic heterocycles. The summed E-state index contributed by atoms with van der Waals surface area (Å²) in [6.07, 6.45) is 2.34. The zero-order chi connectivity index (χ0) is 30.5. The highest BCUT2D eigenvalue weighted by molar-refractivity contribution is 6.21. The minimum absolute atomic E-state index is 0.852. The molecular weight excluding hydrogens is 546 g/mol. The van der Waals surface area contributed by atoms with E-state index in [4.69, 9.17) is 4.74 Å². The van der Waals surface area contributed by atoms with Crippen LogP contribution in [-0.2, 0) is 12.8 Å². The number of fused-ring (bicyclic) bond motifs is 3. The largest absolute Gasteiger partial charge is 0.457 e. The maximum absolute atomic E-state index is 6.15. The Labute approximate surface area is 265 Å². The number of nitrogens with zero attached hydrogens (tertiary/aromatic N) is 1. The molecule has 7 aromatic carbocycles. The molecular formula is C43H35NO. The van der Waals surface area contributed by atoms with Gasteiger partial charge in [-0.05, 0) is 130 Å². The number of rotatable bonds is 6. The molecule has 0 bridgehead atoms. The lowest BCUT2D eigenvalue weighted by Crippen LogP contribution is -2.09. The van der Waals surface area contributed by atoms with E-state index >= 15 is 0 Å². The first-order valence-corrected chi connectivity index (χ1v) is 15.8. The third-order valence-corrected chi connectivity index (χ3v) is 9.36. The van der Waals surface area contributed by atoms with Gasteiger partial charge in [-0.1, -0.05) is 96.1 Å². The molecule has 1 aliphatic rings. The fourth-order valence-corrected chi connectivity index (χ4v) is 6.74. The second-order valence-electron chi connectivity index (χ2n) is 12.3. The second-order valence-corrected chi connectivity index (χ2v) is 12.3. The number of aryl methyl sites for hydroxylation is 4. The molecule has 8 rings (SSSR count). The van der Waals surface area contributed by atoms with E-state index in [0.29, 0.717) is 0 Å². The summed E-state index contributed by atoms with van der Waals surface area (Å²) in [5, 5.41) is 5.12. The minimum atomic E-state index is 0.852. The molecule has 0 aliphatic heterocycles. The highest BCUT2D eigenvalue weighted by atomic mass is 16.5. The molecule has 0 saturated heterocycles. The number of anilines is 2. The van der Waals surface area contributed by atoms with E-state index in [1.807, 2.05) is 0 Å². The van der Waals surface area contributed by atoms with Crippen LogP contribution in [0.25, 0.3) is 43.8 Å². The molecule has 0 fully saturated rings. The van der Waals surface area contributed by atoms with Crippen LogP contribution < -0.4 is 9.64 Å². The molecule has 0 amide bonds. The Morgan fingerprint density at radius 2 is 1.00 bits per heavy atom. The zero-order valence-corrected chi connectivity index (χ0v) is 26.0. The molecule has 0 N–H and O–H groups in total. The van der Waals surface area contributed by atoms with Crippen molar-refractivity contribution < 1.29 is 4.74 Å². The van der Waals surface area contributed by atoms with E-state index < -0.39 is 0 Å². The van der Waals surface area contributed by atoms with Gasteiger partial charge in [0, 0.05) is 18.4 Å². The van der Waals surface area contributed by atoms with Gasteiger partial charge in [0.2, 0.25) is 0 Å². The van der Waals surface area contributed by atoms with Crippen LogP contribution in [0, 0.1) is 13.8 Å². The molecule has 45 heavy (non-hydrogen) atoms. The van der Waals surface area contributed by atoms with Crippen molar-refractivity contribution in [3.63, 3.8) is 0 Å². The van der Waals surface area contributed by atoms with Crippen LogP contribution in [0.2, 0.25) is 0 Å². The summed E-state index contributed by atoms with van der Waals surface area (Å²) < 4.78 is 6.15. The van der Waals surface area contributed by atoms with Crippen LogP contribution in [0.5, 0.6) is 11.5 Å². The molecule has 2 heteroatoms. The van der Waals surface area contributed by atoms with E-state index in [-0.39, 0.29) is 0 Å². The standard InChI is InChI=1S/C43H35NO/c1-28-8-11-31(12-9-28)43-39-7-5-4-6-38(39)42(40-25-10-29(2)26-41(40)43)32-15-18-34(19-16-32)44(3)35-20-23-36(24-21-35)45-37-22-17-30-13-14-33(30)27-37/h4-12,15-27H,13-14H2,1-3H3. The van der Waals surface area contributed by atoms with Gasteiger partial charge >= 0.3 is 0 Å².